The van der Waals surface area contributed by atoms with Gasteiger partial charge in [0.05, 0.1) is 6.61 Å². The third-order valence-electron chi connectivity index (χ3n) is 1.44. The molecule has 0 aliphatic rings. The average Bonchev–Trinajstić information content (AvgIpc) is 2.23. The first-order chi connectivity index (χ1) is 6.69. The van der Waals surface area contributed by atoms with Crippen molar-refractivity contribution in [3.05, 3.63) is 0 Å². The minimum absolute atomic E-state index is 0.0366. The summed E-state index contributed by atoms with van der Waals surface area (Å²) in [6.45, 7) is 0.0366. The lowest BCUT2D eigenvalue weighted by Gasteiger charge is -2.21. The molecule has 0 amide bonds. The van der Waals surface area contributed by atoms with E-state index in [1.807, 2.05) is 0 Å². The van der Waals surface area contributed by atoms with Crippen LogP contribution in [0.15, 0.2) is 0 Å². The van der Waals surface area contributed by atoms with E-state index in [-0.39, 0.29) is 12.9 Å². The van der Waals surface area contributed by atoms with Crippen molar-refractivity contribution < 1.29 is 28.9 Å². The van der Waals surface area contributed by atoms with E-state index in [9.17, 15) is 9.59 Å². The van der Waals surface area contributed by atoms with Gasteiger partial charge in [-0.25, -0.2) is 0 Å². The van der Waals surface area contributed by atoms with E-state index >= 15 is 0 Å². The fourth-order valence-corrected chi connectivity index (χ4v) is 0.787. The molecule has 0 aromatic carbocycles. The van der Waals surface area contributed by atoms with Crippen LogP contribution < -0.4 is 0 Å². The highest BCUT2D eigenvalue weighted by molar-refractivity contribution is 5.57. The average molecular weight is 206 g/mol. The normalized spacial score (nSPS) is 17.1. The standard InChI is InChI=1S/C8H14O6/c1-12-5-6(3-9)14-8(13-2)7(11)4-10/h3-4,6-8,11H,5H2,1-2H3/t6?,7-,8+/m0/s1. The van der Waals surface area contributed by atoms with Crippen LogP contribution in [0.5, 0.6) is 0 Å². The molecule has 1 unspecified atom stereocenters. The van der Waals surface area contributed by atoms with Crippen LogP contribution in [0.1, 0.15) is 0 Å². The van der Waals surface area contributed by atoms with Gasteiger partial charge < -0.3 is 28.9 Å². The monoisotopic (exact) mass is 206 g/mol. The SMILES string of the molecule is COCC(C=O)O[C@@H](OC)[C@@H](O)C=O. The molecule has 0 aliphatic heterocycles. The largest absolute Gasteiger partial charge is 0.382 e. The summed E-state index contributed by atoms with van der Waals surface area (Å²) < 4.78 is 14.3. The highest BCUT2D eigenvalue weighted by Gasteiger charge is 2.22. The molecule has 1 N–H and O–H groups in total. The highest BCUT2D eigenvalue weighted by atomic mass is 16.7. The Labute approximate surface area is 81.8 Å². The number of aldehydes is 2. The van der Waals surface area contributed by atoms with Crippen molar-refractivity contribution in [1.82, 2.24) is 0 Å². The number of methoxy groups -OCH3 is 2. The Hall–Kier alpha value is -0.820. The van der Waals surface area contributed by atoms with Crippen molar-refractivity contribution in [3.8, 4) is 0 Å². The van der Waals surface area contributed by atoms with Gasteiger partial charge in [0.1, 0.15) is 6.10 Å². The fourth-order valence-electron chi connectivity index (χ4n) is 0.787. The van der Waals surface area contributed by atoms with Crippen LogP contribution in [0.3, 0.4) is 0 Å². The Morgan fingerprint density at radius 2 is 1.93 bits per heavy atom. The van der Waals surface area contributed by atoms with Crippen LogP contribution in [-0.4, -0.2) is 57.0 Å². The molecule has 6 nitrogen and oxygen atoms in total. The van der Waals surface area contributed by atoms with E-state index in [4.69, 9.17) is 9.84 Å². The van der Waals surface area contributed by atoms with Gasteiger partial charge in [-0.15, -0.1) is 0 Å². The number of hydrogen-bond donors (Lipinski definition) is 1. The Balaban J connectivity index is 4.12. The summed E-state index contributed by atoms with van der Waals surface area (Å²) >= 11 is 0. The van der Waals surface area contributed by atoms with Gasteiger partial charge in [0, 0.05) is 14.2 Å². The summed E-state index contributed by atoms with van der Waals surface area (Å²) in [5, 5.41) is 9.06. The Kier molecular flexibility index (Phi) is 7.13. The summed E-state index contributed by atoms with van der Waals surface area (Å²) in [6, 6.07) is 0. The smallest absolute Gasteiger partial charge is 0.190 e. The second-order valence-corrected chi connectivity index (χ2v) is 2.50. The predicted octanol–water partition coefficient (Wildman–Crippen LogP) is -1.25. The van der Waals surface area contributed by atoms with Crippen molar-refractivity contribution in [2.45, 2.75) is 18.5 Å². The van der Waals surface area contributed by atoms with E-state index < -0.39 is 18.5 Å². The van der Waals surface area contributed by atoms with Gasteiger partial charge >= 0.3 is 0 Å². The van der Waals surface area contributed by atoms with E-state index in [0.717, 1.165) is 0 Å². The summed E-state index contributed by atoms with van der Waals surface area (Å²) in [6.07, 6.45) is -2.66. The van der Waals surface area contributed by atoms with Gasteiger partial charge in [0.15, 0.2) is 25.0 Å². The van der Waals surface area contributed by atoms with Crippen molar-refractivity contribution in [3.63, 3.8) is 0 Å². The molecule has 0 heterocycles. The van der Waals surface area contributed by atoms with Gasteiger partial charge in [-0.3, -0.25) is 0 Å². The number of rotatable bonds is 8. The van der Waals surface area contributed by atoms with E-state index in [0.29, 0.717) is 6.29 Å². The fraction of sp³-hybridized carbons (Fsp3) is 0.750. The molecule has 0 aromatic rings. The van der Waals surface area contributed by atoms with Crippen LogP contribution in [0, 0.1) is 0 Å². The number of aliphatic hydroxyl groups is 1. The third kappa shape index (κ3) is 4.43. The molecule has 82 valence electrons. The summed E-state index contributed by atoms with van der Waals surface area (Å²) in [5.74, 6) is 0. The lowest BCUT2D eigenvalue weighted by Crippen LogP contribution is -2.37. The molecule has 0 rings (SSSR count). The van der Waals surface area contributed by atoms with E-state index in [1.165, 1.54) is 14.2 Å². The Bertz CT molecular complexity index is 171. The van der Waals surface area contributed by atoms with Crippen molar-refractivity contribution in [2.75, 3.05) is 20.8 Å². The maximum atomic E-state index is 10.4. The lowest BCUT2D eigenvalue weighted by molar-refractivity contribution is -0.202. The quantitative estimate of drug-likeness (QED) is 0.394. The molecule has 0 saturated carbocycles. The predicted molar refractivity (Wildman–Crippen MR) is 45.7 cm³/mol. The maximum Gasteiger partial charge on any atom is 0.190 e. The van der Waals surface area contributed by atoms with Gasteiger partial charge in [-0.05, 0) is 0 Å². The molecular weight excluding hydrogens is 192 g/mol. The topological polar surface area (TPSA) is 82.1 Å². The molecule has 0 aliphatic carbocycles. The zero-order valence-electron chi connectivity index (χ0n) is 8.08. The summed E-state index contributed by atoms with van der Waals surface area (Å²) in [5.41, 5.74) is 0. The molecular formula is C8H14O6. The zero-order valence-corrected chi connectivity index (χ0v) is 8.08. The van der Waals surface area contributed by atoms with E-state index in [1.54, 1.807) is 0 Å². The number of carbonyl (C=O) groups excluding carboxylic acids is 2. The molecule has 0 radical (unpaired) electrons. The molecule has 0 fully saturated rings. The second kappa shape index (κ2) is 7.57. The molecule has 3 atom stereocenters. The lowest BCUT2D eigenvalue weighted by atomic mass is 10.3. The summed E-state index contributed by atoms with van der Waals surface area (Å²) in [7, 11) is 2.66. The van der Waals surface area contributed by atoms with Crippen LogP contribution in [0.4, 0.5) is 0 Å². The first kappa shape index (κ1) is 13.2. The maximum absolute atomic E-state index is 10.4. The second-order valence-electron chi connectivity index (χ2n) is 2.50. The van der Waals surface area contributed by atoms with Crippen molar-refractivity contribution >= 4 is 12.6 Å². The first-order valence-corrected chi connectivity index (χ1v) is 3.95. The third-order valence-corrected chi connectivity index (χ3v) is 1.44. The van der Waals surface area contributed by atoms with Gasteiger partial charge in [-0.1, -0.05) is 0 Å². The minimum Gasteiger partial charge on any atom is -0.382 e. The molecule has 6 heteroatoms. The minimum atomic E-state index is -1.42. The van der Waals surface area contributed by atoms with Crippen molar-refractivity contribution in [2.24, 2.45) is 0 Å². The van der Waals surface area contributed by atoms with Gasteiger partial charge in [0.25, 0.3) is 0 Å². The number of hydrogen-bond acceptors (Lipinski definition) is 6. The van der Waals surface area contributed by atoms with Crippen LogP contribution in [-0.2, 0) is 23.8 Å². The molecule has 0 bridgehead atoms. The Morgan fingerprint density at radius 3 is 2.29 bits per heavy atom. The van der Waals surface area contributed by atoms with E-state index in [2.05, 4.69) is 9.47 Å². The number of aliphatic hydroxyl groups excluding tert-OH is 1. The summed E-state index contributed by atoms with van der Waals surface area (Å²) in [4.78, 5) is 20.6. The molecule has 0 spiro atoms. The highest BCUT2D eigenvalue weighted by Crippen LogP contribution is 2.02. The van der Waals surface area contributed by atoms with Gasteiger partial charge in [-0.2, -0.15) is 0 Å². The van der Waals surface area contributed by atoms with Crippen molar-refractivity contribution in [1.29, 1.82) is 0 Å². The van der Waals surface area contributed by atoms with Crippen LogP contribution in [0.2, 0.25) is 0 Å². The zero-order chi connectivity index (χ0) is 11.0. The van der Waals surface area contributed by atoms with Gasteiger partial charge in [0.2, 0.25) is 0 Å². The van der Waals surface area contributed by atoms with Crippen LogP contribution in [0.25, 0.3) is 0 Å². The van der Waals surface area contributed by atoms with Crippen LogP contribution >= 0.6 is 0 Å². The number of carbonyl (C=O) groups is 2. The molecule has 0 aromatic heterocycles. The molecule has 14 heavy (non-hydrogen) atoms. The first-order valence-electron chi connectivity index (χ1n) is 3.95. The molecule has 0 saturated heterocycles. The Morgan fingerprint density at radius 1 is 1.29 bits per heavy atom. The number of ether oxygens (including phenoxy) is 3.